The Hall–Kier alpha value is -2.11. The number of piperidine rings is 2. The molecule has 6 heteroatoms. The molecule has 0 aliphatic carbocycles. The first-order valence-electron chi connectivity index (χ1n) is 8.15. The summed E-state index contributed by atoms with van der Waals surface area (Å²) >= 11 is 0. The number of hydrogen-bond donors (Lipinski definition) is 2. The van der Waals surface area contributed by atoms with Crippen molar-refractivity contribution in [3.05, 3.63) is 30.1 Å². The number of benzene rings is 1. The number of hydrogen-bond acceptors (Lipinski definition) is 2. The molecular weight excluding hydrogens is 297 g/mol. The third kappa shape index (κ3) is 3.46. The topological polar surface area (TPSA) is 61.4 Å². The monoisotopic (exact) mass is 319 g/mol. The van der Waals surface area contributed by atoms with E-state index in [0.29, 0.717) is 0 Å². The largest absolute Gasteiger partial charge is 0.353 e. The van der Waals surface area contributed by atoms with E-state index in [1.54, 1.807) is 18.2 Å². The molecule has 2 aliphatic heterocycles. The smallest absolute Gasteiger partial charge is 0.322 e. The quantitative estimate of drug-likeness (QED) is 0.880. The van der Waals surface area contributed by atoms with Crippen molar-refractivity contribution in [2.75, 3.05) is 5.32 Å². The van der Waals surface area contributed by atoms with Crippen LogP contribution < -0.4 is 10.6 Å². The number of carbonyl (C=O) groups excluding carboxylic acids is 2. The maximum atomic E-state index is 13.7. The lowest BCUT2D eigenvalue weighted by molar-refractivity contribution is -0.120. The Balaban J connectivity index is 1.71. The summed E-state index contributed by atoms with van der Waals surface area (Å²) in [6.07, 6.45) is 4.47. The molecule has 2 fully saturated rings. The number of halogens is 1. The Labute approximate surface area is 135 Å². The van der Waals surface area contributed by atoms with Crippen molar-refractivity contribution in [1.82, 2.24) is 10.2 Å². The third-order valence-electron chi connectivity index (χ3n) is 4.73. The van der Waals surface area contributed by atoms with Crippen molar-refractivity contribution >= 4 is 17.6 Å². The molecule has 1 aromatic carbocycles. The lowest BCUT2D eigenvalue weighted by atomic mass is 9.82. The molecule has 2 aliphatic rings. The Morgan fingerprint density at radius 1 is 1.17 bits per heavy atom. The van der Waals surface area contributed by atoms with Crippen molar-refractivity contribution in [1.29, 1.82) is 0 Å². The van der Waals surface area contributed by atoms with Gasteiger partial charge in [-0.15, -0.1) is 0 Å². The molecule has 2 saturated heterocycles. The Morgan fingerprint density at radius 3 is 2.43 bits per heavy atom. The van der Waals surface area contributed by atoms with Crippen molar-refractivity contribution in [2.24, 2.45) is 0 Å². The third-order valence-corrected chi connectivity index (χ3v) is 4.73. The number of amides is 3. The van der Waals surface area contributed by atoms with Crippen molar-refractivity contribution in [2.45, 2.75) is 57.2 Å². The van der Waals surface area contributed by atoms with Crippen LogP contribution in [-0.4, -0.2) is 35.0 Å². The first kappa shape index (κ1) is 15.8. The summed E-state index contributed by atoms with van der Waals surface area (Å²) in [5.41, 5.74) is 0.208. The zero-order valence-electron chi connectivity index (χ0n) is 13.2. The van der Waals surface area contributed by atoms with Crippen molar-refractivity contribution in [3.63, 3.8) is 0 Å². The first-order chi connectivity index (χ1) is 11.0. The lowest BCUT2D eigenvalue weighted by Crippen LogP contribution is -2.59. The fraction of sp³-hybridized carbons (Fsp3) is 0.529. The summed E-state index contributed by atoms with van der Waals surface area (Å²) < 4.78 is 13.7. The predicted molar refractivity (Wildman–Crippen MR) is 85.5 cm³/mol. The Morgan fingerprint density at radius 2 is 1.83 bits per heavy atom. The number of rotatable bonds is 2. The molecule has 3 rings (SSSR count). The van der Waals surface area contributed by atoms with Gasteiger partial charge in [0.1, 0.15) is 5.82 Å². The summed E-state index contributed by atoms with van der Waals surface area (Å²) in [4.78, 5) is 25.8. The normalized spacial score (nSPS) is 26.5. The molecule has 3 atom stereocenters. The van der Waals surface area contributed by atoms with E-state index in [1.807, 2.05) is 4.90 Å². The average Bonchev–Trinajstić information content (AvgIpc) is 2.48. The zero-order chi connectivity index (χ0) is 16.4. The number of carbonyl (C=O) groups is 2. The van der Waals surface area contributed by atoms with Crippen LogP contribution in [0.2, 0.25) is 0 Å². The van der Waals surface area contributed by atoms with E-state index in [4.69, 9.17) is 0 Å². The van der Waals surface area contributed by atoms with Gasteiger partial charge < -0.3 is 15.5 Å². The molecular formula is C17H22FN3O2. The maximum absolute atomic E-state index is 13.7. The number of nitrogens with one attached hydrogen (secondary N) is 2. The van der Waals surface area contributed by atoms with Gasteiger partial charge in [-0.1, -0.05) is 12.1 Å². The molecule has 2 heterocycles. The summed E-state index contributed by atoms with van der Waals surface area (Å²) in [6.45, 7) is 1.52. The predicted octanol–water partition coefficient (Wildman–Crippen LogP) is 2.88. The fourth-order valence-corrected chi connectivity index (χ4v) is 3.86. The van der Waals surface area contributed by atoms with Gasteiger partial charge in [-0.2, -0.15) is 0 Å². The molecule has 5 nitrogen and oxygen atoms in total. The SMILES string of the molecule is CC(=O)NC1C[C@H]2CCC[C@@H](C1)N2C(=O)Nc1ccccc1F. The van der Waals surface area contributed by atoms with Crippen LogP contribution in [0.5, 0.6) is 0 Å². The number of urea groups is 1. The van der Waals surface area contributed by atoms with Crippen LogP contribution in [0, 0.1) is 5.82 Å². The van der Waals surface area contributed by atoms with Crippen LogP contribution in [0.25, 0.3) is 0 Å². The average molecular weight is 319 g/mol. The van der Waals surface area contributed by atoms with E-state index in [9.17, 15) is 14.0 Å². The highest BCUT2D eigenvalue weighted by Crippen LogP contribution is 2.34. The number of para-hydroxylation sites is 1. The molecule has 3 amide bonds. The zero-order valence-corrected chi connectivity index (χ0v) is 13.2. The molecule has 2 N–H and O–H groups in total. The summed E-state index contributed by atoms with van der Waals surface area (Å²) in [7, 11) is 0. The maximum Gasteiger partial charge on any atom is 0.322 e. The van der Waals surface area contributed by atoms with E-state index < -0.39 is 5.82 Å². The van der Waals surface area contributed by atoms with Crippen molar-refractivity contribution < 1.29 is 14.0 Å². The second-order valence-corrected chi connectivity index (χ2v) is 6.42. The van der Waals surface area contributed by atoms with Gasteiger partial charge in [0.25, 0.3) is 0 Å². The standard InChI is InChI=1S/C17H22FN3O2/c1-11(22)19-12-9-13-5-4-6-14(10-12)21(13)17(23)20-16-8-3-2-7-15(16)18/h2-3,7-8,12-14H,4-6,9-10H2,1H3,(H,19,22)(H,20,23)/t12?,13-,14+. The molecule has 1 aromatic rings. The Kier molecular flexibility index (Phi) is 4.50. The van der Waals surface area contributed by atoms with Crippen LogP contribution in [0.1, 0.15) is 39.0 Å². The number of nitrogens with zero attached hydrogens (tertiary/aromatic N) is 1. The van der Waals surface area contributed by atoms with Gasteiger partial charge in [0, 0.05) is 25.0 Å². The lowest BCUT2D eigenvalue weighted by Gasteiger charge is -2.48. The van der Waals surface area contributed by atoms with Gasteiger partial charge in [0.2, 0.25) is 5.91 Å². The molecule has 0 radical (unpaired) electrons. The first-order valence-corrected chi connectivity index (χ1v) is 8.15. The van der Waals surface area contributed by atoms with E-state index in [1.165, 1.54) is 13.0 Å². The Bertz CT molecular complexity index is 593. The minimum Gasteiger partial charge on any atom is -0.353 e. The highest BCUT2D eigenvalue weighted by molar-refractivity contribution is 5.90. The van der Waals surface area contributed by atoms with Gasteiger partial charge in [-0.3, -0.25) is 4.79 Å². The molecule has 0 aromatic heterocycles. The fourth-order valence-electron chi connectivity index (χ4n) is 3.86. The number of anilines is 1. The highest BCUT2D eigenvalue weighted by Gasteiger charge is 2.41. The van der Waals surface area contributed by atoms with Gasteiger partial charge in [-0.25, -0.2) is 9.18 Å². The summed E-state index contributed by atoms with van der Waals surface area (Å²) in [5.74, 6) is -0.462. The van der Waals surface area contributed by atoms with Gasteiger partial charge in [0.15, 0.2) is 0 Å². The van der Waals surface area contributed by atoms with Crippen molar-refractivity contribution in [3.8, 4) is 0 Å². The van der Waals surface area contributed by atoms with E-state index in [2.05, 4.69) is 10.6 Å². The second kappa shape index (κ2) is 6.56. The van der Waals surface area contributed by atoms with Crippen LogP contribution in [-0.2, 0) is 4.79 Å². The molecule has 0 saturated carbocycles. The highest BCUT2D eigenvalue weighted by atomic mass is 19.1. The van der Waals surface area contributed by atoms with Crippen LogP contribution in [0.4, 0.5) is 14.9 Å². The minimum atomic E-state index is -0.431. The van der Waals surface area contributed by atoms with Crippen LogP contribution in [0.15, 0.2) is 24.3 Å². The van der Waals surface area contributed by atoms with E-state index in [-0.39, 0.29) is 35.8 Å². The molecule has 2 bridgehead atoms. The van der Waals surface area contributed by atoms with E-state index >= 15 is 0 Å². The van der Waals surface area contributed by atoms with Crippen LogP contribution >= 0.6 is 0 Å². The van der Waals surface area contributed by atoms with Gasteiger partial charge >= 0.3 is 6.03 Å². The van der Waals surface area contributed by atoms with Gasteiger partial charge in [0.05, 0.1) is 5.69 Å². The molecule has 0 spiro atoms. The van der Waals surface area contributed by atoms with Gasteiger partial charge in [-0.05, 0) is 44.2 Å². The molecule has 124 valence electrons. The molecule has 23 heavy (non-hydrogen) atoms. The summed E-state index contributed by atoms with van der Waals surface area (Å²) in [6, 6.07) is 6.27. The molecule has 1 unspecified atom stereocenters. The minimum absolute atomic E-state index is 0.0302. The van der Waals surface area contributed by atoms with E-state index in [0.717, 1.165) is 32.1 Å². The second-order valence-electron chi connectivity index (χ2n) is 6.42. The summed E-state index contributed by atoms with van der Waals surface area (Å²) in [5, 5.41) is 5.66. The van der Waals surface area contributed by atoms with Crippen LogP contribution in [0.3, 0.4) is 0 Å². The number of fused-ring (bicyclic) bond motifs is 2.